The Kier molecular flexibility index (Phi) is 5.34. The van der Waals surface area contributed by atoms with Crippen LogP contribution in [0.1, 0.15) is 57.1 Å². The van der Waals surface area contributed by atoms with Crippen LogP contribution < -0.4 is 11.1 Å². The molecular weight excluding hydrogens is 267 g/mol. The maximum atomic E-state index is 13.3. The Balaban J connectivity index is 2.08. The molecule has 1 saturated carbocycles. The van der Waals surface area contributed by atoms with E-state index in [2.05, 4.69) is 5.32 Å². The van der Waals surface area contributed by atoms with Gasteiger partial charge in [0.1, 0.15) is 5.82 Å². The number of hydrogen-bond acceptors (Lipinski definition) is 2. The molecule has 1 aromatic rings. The average molecular weight is 292 g/mol. The number of rotatable bonds is 4. The number of carbonyl (C=O) groups excluding carboxylic acids is 1. The molecule has 0 unspecified atom stereocenters. The molecular formula is C17H25FN2O. The van der Waals surface area contributed by atoms with Gasteiger partial charge < -0.3 is 11.1 Å². The fourth-order valence-corrected chi connectivity index (χ4v) is 3.14. The van der Waals surface area contributed by atoms with Crippen LogP contribution in [0.25, 0.3) is 0 Å². The molecule has 0 heterocycles. The summed E-state index contributed by atoms with van der Waals surface area (Å²) >= 11 is 0. The van der Waals surface area contributed by atoms with Crippen LogP contribution in [0.3, 0.4) is 0 Å². The van der Waals surface area contributed by atoms with Crippen molar-refractivity contribution in [1.82, 2.24) is 5.32 Å². The predicted octanol–water partition coefficient (Wildman–Crippen LogP) is 3.30. The first kappa shape index (κ1) is 16.0. The zero-order chi connectivity index (χ0) is 15.3. The highest BCUT2D eigenvalue weighted by Crippen LogP contribution is 2.35. The third kappa shape index (κ3) is 3.82. The smallest absolute Gasteiger partial charge is 0.227 e. The van der Waals surface area contributed by atoms with Crippen LogP contribution in [0.2, 0.25) is 0 Å². The maximum Gasteiger partial charge on any atom is 0.227 e. The number of hydrogen-bond donors (Lipinski definition) is 2. The second-order valence-corrected chi connectivity index (χ2v) is 6.15. The van der Waals surface area contributed by atoms with E-state index in [9.17, 15) is 9.18 Å². The summed E-state index contributed by atoms with van der Waals surface area (Å²) in [5.41, 5.74) is 6.26. The minimum Gasteiger partial charge on any atom is -0.349 e. The number of carbonyl (C=O) groups is 1. The van der Waals surface area contributed by atoms with Crippen LogP contribution in [-0.2, 0) is 4.79 Å². The molecule has 0 aromatic heterocycles. The van der Waals surface area contributed by atoms with Gasteiger partial charge in [-0.25, -0.2) is 4.39 Å². The molecule has 3 nitrogen and oxygen atoms in total. The van der Waals surface area contributed by atoms with E-state index in [1.807, 2.05) is 13.0 Å². The summed E-state index contributed by atoms with van der Waals surface area (Å²) in [4.78, 5) is 12.7. The lowest BCUT2D eigenvalue weighted by Gasteiger charge is -2.31. The first-order valence-electron chi connectivity index (χ1n) is 7.84. The topological polar surface area (TPSA) is 55.1 Å². The van der Waals surface area contributed by atoms with Crippen molar-refractivity contribution in [3.8, 4) is 0 Å². The molecule has 0 saturated heterocycles. The molecule has 1 fully saturated rings. The van der Waals surface area contributed by atoms with Crippen LogP contribution in [0, 0.1) is 11.2 Å². The summed E-state index contributed by atoms with van der Waals surface area (Å²) < 4.78 is 13.3. The Morgan fingerprint density at radius 3 is 2.57 bits per heavy atom. The van der Waals surface area contributed by atoms with Crippen molar-refractivity contribution in [3.63, 3.8) is 0 Å². The van der Waals surface area contributed by atoms with Gasteiger partial charge >= 0.3 is 0 Å². The third-order valence-electron chi connectivity index (χ3n) is 4.63. The maximum absolute atomic E-state index is 13.3. The molecule has 1 aliphatic rings. The second kappa shape index (κ2) is 7.03. The van der Waals surface area contributed by atoms with Crippen molar-refractivity contribution < 1.29 is 9.18 Å². The van der Waals surface area contributed by atoms with Crippen LogP contribution in [0.4, 0.5) is 4.39 Å². The van der Waals surface area contributed by atoms with Crippen LogP contribution in [-0.4, -0.2) is 12.5 Å². The fraction of sp³-hybridized carbons (Fsp3) is 0.588. The van der Waals surface area contributed by atoms with Gasteiger partial charge in [0, 0.05) is 6.54 Å². The normalized spacial score (nSPS) is 19.6. The van der Waals surface area contributed by atoms with E-state index >= 15 is 0 Å². The van der Waals surface area contributed by atoms with E-state index < -0.39 is 5.41 Å². The van der Waals surface area contributed by atoms with Gasteiger partial charge in [0.25, 0.3) is 0 Å². The quantitative estimate of drug-likeness (QED) is 0.837. The number of halogens is 1. The van der Waals surface area contributed by atoms with Gasteiger partial charge in [-0.2, -0.15) is 0 Å². The lowest BCUT2D eigenvalue weighted by Crippen LogP contribution is -2.46. The first-order chi connectivity index (χ1) is 10.1. The highest BCUT2D eigenvalue weighted by molar-refractivity contribution is 5.83. The highest BCUT2D eigenvalue weighted by atomic mass is 19.1. The number of benzene rings is 1. The van der Waals surface area contributed by atoms with Gasteiger partial charge in [0.2, 0.25) is 5.91 Å². The van der Waals surface area contributed by atoms with Crippen molar-refractivity contribution in [3.05, 3.63) is 35.6 Å². The van der Waals surface area contributed by atoms with E-state index in [1.165, 1.54) is 25.0 Å². The zero-order valence-corrected chi connectivity index (χ0v) is 12.7. The van der Waals surface area contributed by atoms with Crippen molar-refractivity contribution in [2.24, 2.45) is 11.1 Å². The SMILES string of the molecule is C[C@@H](NC(=O)C1(CN)CCCCCC1)c1cccc(F)c1. The molecule has 1 amide bonds. The standard InChI is InChI=1S/C17H25FN2O/c1-13(14-7-6-8-15(18)11-14)20-16(21)17(12-19)9-4-2-3-5-10-17/h6-8,11,13H,2-5,9-10,12,19H2,1H3,(H,20,21)/t13-/m1/s1. The molecule has 4 heteroatoms. The number of nitrogens with two attached hydrogens (primary N) is 1. The summed E-state index contributed by atoms with van der Waals surface area (Å²) in [6.45, 7) is 2.27. The predicted molar refractivity (Wildman–Crippen MR) is 82.1 cm³/mol. The van der Waals surface area contributed by atoms with Crippen LogP contribution in [0.5, 0.6) is 0 Å². The molecule has 21 heavy (non-hydrogen) atoms. The molecule has 2 rings (SSSR count). The van der Waals surface area contributed by atoms with Crippen molar-refractivity contribution >= 4 is 5.91 Å². The average Bonchev–Trinajstić information content (AvgIpc) is 2.73. The van der Waals surface area contributed by atoms with Crippen molar-refractivity contribution in [2.45, 2.75) is 51.5 Å². The lowest BCUT2D eigenvalue weighted by molar-refractivity contribution is -0.132. The summed E-state index contributed by atoms with van der Waals surface area (Å²) in [7, 11) is 0. The molecule has 1 aromatic carbocycles. The van der Waals surface area contributed by atoms with E-state index in [1.54, 1.807) is 6.07 Å². The van der Waals surface area contributed by atoms with E-state index in [0.29, 0.717) is 6.54 Å². The summed E-state index contributed by atoms with van der Waals surface area (Å²) in [6.07, 6.45) is 6.16. The van der Waals surface area contributed by atoms with Gasteiger partial charge in [-0.3, -0.25) is 4.79 Å². The summed E-state index contributed by atoms with van der Waals surface area (Å²) in [5.74, 6) is -0.264. The monoisotopic (exact) mass is 292 g/mol. The van der Waals surface area contributed by atoms with Crippen LogP contribution >= 0.6 is 0 Å². The largest absolute Gasteiger partial charge is 0.349 e. The Morgan fingerprint density at radius 2 is 2.00 bits per heavy atom. The molecule has 1 atom stereocenters. The van der Waals surface area contributed by atoms with Crippen molar-refractivity contribution in [1.29, 1.82) is 0 Å². The van der Waals surface area contributed by atoms with Crippen LogP contribution in [0.15, 0.2) is 24.3 Å². The Bertz CT molecular complexity index is 481. The molecule has 0 aliphatic heterocycles. The second-order valence-electron chi connectivity index (χ2n) is 6.15. The van der Waals surface area contributed by atoms with E-state index in [0.717, 1.165) is 31.2 Å². The molecule has 0 bridgehead atoms. The molecule has 1 aliphatic carbocycles. The summed E-state index contributed by atoms with van der Waals surface area (Å²) in [5, 5.41) is 3.03. The summed E-state index contributed by atoms with van der Waals surface area (Å²) in [6, 6.07) is 6.16. The fourth-order valence-electron chi connectivity index (χ4n) is 3.14. The molecule has 116 valence electrons. The molecule has 0 spiro atoms. The van der Waals surface area contributed by atoms with Gasteiger partial charge in [-0.05, 0) is 37.5 Å². The zero-order valence-electron chi connectivity index (χ0n) is 12.7. The highest BCUT2D eigenvalue weighted by Gasteiger charge is 2.37. The molecule has 3 N–H and O–H groups in total. The Hall–Kier alpha value is -1.42. The minimum atomic E-state index is -0.446. The third-order valence-corrected chi connectivity index (χ3v) is 4.63. The van der Waals surface area contributed by atoms with Gasteiger partial charge in [-0.15, -0.1) is 0 Å². The van der Waals surface area contributed by atoms with Crippen molar-refractivity contribution in [2.75, 3.05) is 6.54 Å². The van der Waals surface area contributed by atoms with Gasteiger partial charge in [-0.1, -0.05) is 37.8 Å². The van der Waals surface area contributed by atoms with E-state index in [4.69, 9.17) is 5.73 Å². The lowest BCUT2D eigenvalue weighted by atomic mass is 9.79. The Labute approximate surface area is 126 Å². The number of nitrogens with one attached hydrogen (secondary N) is 1. The number of amides is 1. The minimum absolute atomic E-state index is 0.0173. The first-order valence-corrected chi connectivity index (χ1v) is 7.84. The van der Waals surface area contributed by atoms with Gasteiger partial charge in [0.15, 0.2) is 0 Å². The molecule has 0 radical (unpaired) electrons. The Morgan fingerprint density at radius 1 is 1.33 bits per heavy atom. The van der Waals surface area contributed by atoms with Gasteiger partial charge in [0.05, 0.1) is 11.5 Å². The van der Waals surface area contributed by atoms with E-state index in [-0.39, 0.29) is 17.8 Å².